The molecule has 0 saturated carbocycles. The van der Waals surface area contributed by atoms with Gasteiger partial charge < -0.3 is 25.8 Å². The highest BCUT2D eigenvalue weighted by Gasteiger charge is 2.12. The summed E-state index contributed by atoms with van der Waals surface area (Å²) in [7, 11) is 0. The smallest absolute Gasteiger partial charge is 0.248 e. The minimum Gasteiger partial charge on any atom is -0.454 e. The van der Waals surface area contributed by atoms with Crippen molar-refractivity contribution < 1.29 is 14.3 Å². The van der Waals surface area contributed by atoms with Gasteiger partial charge in [-0.1, -0.05) is 36.4 Å². The van der Waals surface area contributed by atoms with E-state index in [0.29, 0.717) is 17.9 Å². The van der Waals surface area contributed by atoms with E-state index >= 15 is 0 Å². The quantitative estimate of drug-likeness (QED) is 0.435. The standard InChI is InChI=1S/C23H21N3O3/c24-19-3-1-2-4-20(19)26-23(27)12-9-16-5-7-17(8-6-16)14-25-18-10-11-21-22(13-18)29-15-28-21/h1-13,25H,14-15,24H2,(H,26,27)/b12-9+. The number of nitrogens with two attached hydrogens (primary N) is 1. The van der Waals surface area contributed by atoms with Gasteiger partial charge in [0.05, 0.1) is 11.4 Å². The predicted molar refractivity (Wildman–Crippen MR) is 115 cm³/mol. The molecule has 146 valence electrons. The largest absolute Gasteiger partial charge is 0.454 e. The number of hydrogen-bond donors (Lipinski definition) is 3. The maximum Gasteiger partial charge on any atom is 0.248 e. The Balaban J connectivity index is 1.31. The van der Waals surface area contributed by atoms with Gasteiger partial charge in [-0.2, -0.15) is 0 Å². The van der Waals surface area contributed by atoms with Gasteiger partial charge in [0.25, 0.3) is 0 Å². The maximum absolute atomic E-state index is 12.1. The molecule has 3 aromatic rings. The van der Waals surface area contributed by atoms with Crippen molar-refractivity contribution in [1.82, 2.24) is 0 Å². The number of amides is 1. The maximum atomic E-state index is 12.1. The van der Waals surface area contributed by atoms with Crippen LogP contribution in [-0.4, -0.2) is 12.7 Å². The van der Waals surface area contributed by atoms with Crippen LogP contribution in [0.3, 0.4) is 0 Å². The van der Waals surface area contributed by atoms with Gasteiger partial charge in [-0.15, -0.1) is 0 Å². The Kier molecular flexibility index (Phi) is 5.33. The normalized spacial score (nSPS) is 12.1. The molecule has 0 atom stereocenters. The van der Waals surface area contributed by atoms with E-state index in [1.807, 2.05) is 54.6 Å². The Morgan fingerprint density at radius 2 is 1.79 bits per heavy atom. The minimum absolute atomic E-state index is 0.226. The number of carbonyl (C=O) groups excluding carboxylic acids is 1. The Morgan fingerprint density at radius 1 is 1.00 bits per heavy atom. The topological polar surface area (TPSA) is 85.6 Å². The van der Waals surface area contributed by atoms with Crippen LogP contribution in [0.4, 0.5) is 17.1 Å². The molecular weight excluding hydrogens is 366 g/mol. The highest BCUT2D eigenvalue weighted by molar-refractivity contribution is 6.03. The van der Waals surface area contributed by atoms with E-state index in [4.69, 9.17) is 15.2 Å². The zero-order valence-electron chi connectivity index (χ0n) is 15.7. The van der Waals surface area contributed by atoms with Crippen LogP contribution < -0.4 is 25.8 Å². The zero-order chi connectivity index (χ0) is 20.1. The number of nitrogens with one attached hydrogen (secondary N) is 2. The van der Waals surface area contributed by atoms with E-state index in [-0.39, 0.29) is 12.7 Å². The zero-order valence-corrected chi connectivity index (χ0v) is 15.7. The van der Waals surface area contributed by atoms with E-state index < -0.39 is 0 Å². The lowest BCUT2D eigenvalue weighted by molar-refractivity contribution is -0.111. The summed E-state index contributed by atoms with van der Waals surface area (Å²) >= 11 is 0. The van der Waals surface area contributed by atoms with Crippen LogP contribution in [-0.2, 0) is 11.3 Å². The molecule has 0 bridgehead atoms. The Morgan fingerprint density at radius 3 is 2.62 bits per heavy atom. The molecule has 0 unspecified atom stereocenters. The van der Waals surface area contributed by atoms with Gasteiger partial charge in [0.15, 0.2) is 11.5 Å². The molecule has 6 heteroatoms. The van der Waals surface area contributed by atoms with E-state index in [9.17, 15) is 4.79 Å². The average molecular weight is 387 g/mol. The van der Waals surface area contributed by atoms with Crippen LogP contribution in [0, 0.1) is 0 Å². The fourth-order valence-corrected chi connectivity index (χ4v) is 2.91. The molecule has 29 heavy (non-hydrogen) atoms. The first kappa shape index (κ1) is 18.4. The Labute approximate surface area is 169 Å². The first-order chi connectivity index (χ1) is 14.2. The average Bonchev–Trinajstić information content (AvgIpc) is 3.21. The lowest BCUT2D eigenvalue weighted by Crippen LogP contribution is -2.09. The summed E-state index contributed by atoms with van der Waals surface area (Å²) in [6.45, 7) is 0.946. The van der Waals surface area contributed by atoms with Crippen molar-refractivity contribution in [2.24, 2.45) is 0 Å². The highest BCUT2D eigenvalue weighted by Crippen LogP contribution is 2.34. The van der Waals surface area contributed by atoms with Crippen molar-refractivity contribution in [2.75, 3.05) is 23.2 Å². The number of fused-ring (bicyclic) bond motifs is 1. The molecule has 4 rings (SSSR count). The highest BCUT2D eigenvalue weighted by atomic mass is 16.7. The van der Waals surface area contributed by atoms with Gasteiger partial charge >= 0.3 is 0 Å². The molecule has 0 aromatic heterocycles. The molecule has 0 saturated heterocycles. The number of ether oxygens (including phenoxy) is 2. The number of carbonyl (C=O) groups is 1. The van der Waals surface area contributed by atoms with Crippen LogP contribution in [0.15, 0.2) is 72.8 Å². The molecule has 0 spiro atoms. The summed E-state index contributed by atoms with van der Waals surface area (Å²) in [6, 6.07) is 20.9. The molecule has 1 amide bonds. The molecule has 0 fully saturated rings. The number of nitrogen functional groups attached to an aromatic ring is 1. The fraction of sp³-hybridized carbons (Fsp3) is 0.0870. The molecule has 0 aliphatic carbocycles. The van der Waals surface area contributed by atoms with Crippen molar-refractivity contribution >= 4 is 29.0 Å². The van der Waals surface area contributed by atoms with Gasteiger partial charge in [-0.05, 0) is 41.5 Å². The molecule has 1 heterocycles. The number of benzene rings is 3. The molecule has 1 aliphatic rings. The van der Waals surface area contributed by atoms with Crippen LogP contribution in [0.5, 0.6) is 11.5 Å². The van der Waals surface area contributed by atoms with Gasteiger partial charge in [-0.3, -0.25) is 4.79 Å². The second-order valence-electron chi connectivity index (χ2n) is 6.57. The fourth-order valence-electron chi connectivity index (χ4n) is 2.91. The summed E-state index contributed by atoms with van der Waals surface area (Å²) in [6.07, 6.45) is 3.26. The Bertz CT molecular complexity index is 1050. The van der Waals surface area contributed by atoms with Crippen molar-refractivity contribution in [1.29, 1.82) is 0 Å². The van der Waals surface area contributed by atoms with Crippen molar-refractivity contribution in [2.45, 2.75) is 6.54 Å². The molecule has 3 aromatic carbocycles. The first-order valence-electron chi connectivity index (χ1n) is 9.23. The van der Waals surface area contributed by atoms with Crippen molar-refractivity contribution in [3.8, 4) is 11.5 Å². The van der Waals surface area contributed by atoms with E-state index in [1.165, 1.54) is 6.08 Å². The molecule has 6 nitrogen and oxygen atoms in total. The molecular formula is C23H21N3O3. The van der Waals surface area contributed by atoms with E-state index in [1.54, 1.807) is 18.2 Å². The monoisotopic (exact) mass is 387 g/mol. The molecule has 4 N–H and O–H groups in total. The van der Waals surface area contributed by atoms with Gasteiger partial charge in [-0.25, -0.2) is 0 Å². The summed E-state index contributed by atoms with van der Waals surface area (Å²) < 4.78 is 10.7. The summed E-state index contributed by atoms with van der Waals surface area (Å²) in [5.41, 5.74) is 10.0. The Hall–Kier alpha value is -3.93. The van der Waals surface area contributed by atoms with Crippen LogP contribution in [0.1, 0.15) is 11.1 Å². The van der Waals surface area contributed by atoms with Gasteiger partial charge in [0.2, 0.25) is 12.7 Å². The van der Waals surface area contributed by atoms with Crippen LogP contribution in [0.2, 0.25) is 0 Å². The minimum atomic E-state index is -0.226. The summed E-state index contributed by atoms with van der Waals surface area (Å²) in [5, 5.41) is 6.13. The third-order valence-corrected chi connectivity index (χ3v) is 4.49. The summed E-state index contributed by atoms with van der Waals surface area (Å²) in [4.78, 5) is 12.1. The lowest BCUT2D eigenvalue weighted by Gasteiger charge is -2.08. The van der Waals surface area contributed by atoms with Gasteiger partial charge in [0.1, 0.15) is 0 Å². The number of hydrogen-bond acceptors (Lipinski definition) is 5. The SMILES string of the molecule is Nc1ccccc1NC(=O)/C=C/c1ccc(CNc2ccc3c(c2)OCO3)cc1. The van der Waals surface area contributed by atoms with Crippen molar-refractivity contribution in [3.63, 3.8) is 0 Å². The second-order valence-corrected chi connectivity index (χ2v) is 6.57. The van der Waals surface area contributed by atoms with Crippen molar-refractivity contribution in [3.05, 3.63) is 83.9 Å². The second kappa shape index (κ2) is 8.39. The lowest BCUT2D eigenvalue weighted by atomic mass is 10.1. The predicted octanol–water partition coefficient (Wildman–Crippen LogP) is 4.26. The third kappa shape index (κ3) is 4.68. The van der Waals surface area contributed by atoms with Crippen LogP contribution in [0.25, 0.3) is 6.08 Å². The van der Waals surface area contributed by atoms with Crippen LogP contribution >= 0.6 is 0 Å². The van der Waals surface area contributed by atoms with E-state index in [2.05, 4.69) is 10.6 Å². The number of anilines is 3. The number of para-hydroxylation sites is 2. The molecule has 1 aliphatic heterocycles. The molecule has 0 radical (unpaired) electrons. The van der Waals surface area contributed by atoms with Gasteiger partial charge in [0, 0.05) is 24.4 Å². The first-order valence-corrected chi connectivity index (χ1v) is 9.23. The number of rotatable bonds is 6. The van der Waals surface area contributed by atoms with E-state index in [0.717, 1.165) is 28.3 Å². The summed E-state index contributed by atoms with van der Waals surface area (Å²) in [5.74, 6) is 1.30. The third-order valence-electron chi connectivity index (χ3n) is 4.49.